The third-order valence-corrected chi connectivity index (χ3v) is 6.45. The van der Waals surface area contributed by atoms with Crippen LogP contribution in [0.15, 0.2) is 29.3 Å². The maximum atomic E-state index is 12.4. The molecule has 1 saturated heterocycles. The Bertz CT molecular complexity index is 693. The first-order valence-electron chi connectivity index (χ1n) is 9.68. The predicted molar refractivity (Wildman–Crippen MR) is 126 cm³/mol. The second kappa shape index (κ2) is 11.0. The van der Waals surface area contributed by atoms with Gasteiger partial charge in [0.1, 0.15) is 0 Å². The van der Waals surface area contributed by atoms with E-state index in [4.69, 9.17) is 0 Å². The number of aliphatic imine (C=N–C) groups is 1. The van der Waals surface area contributed by atoms with Crippen LogP contribution in [0.5, 0.6) is 0 Å². The van der Waals surface area contributed by atoms with Gasteiger partial charge in [-0.25, -0.2) is 0 Å². The molecule has 154 valence electrons. The highest BCUT2D eigenvalue weighted by molar-refractivity contribution is 14.0. The number of nitrogens with zero attached hydrogens (tertiary/aromatic N) is 3. The van der Waals surface area contributed by atoms with Crippen molar-refractivity contribution >= 4 is 53.5 Å². The van der Waals surface area contributed by atoms with Crippen LogP contribution >= 0.6 is 35.7 Å². The predicted octanol–water partition coefficient (Wildman–Crippen LogP) is 3.08. The van der Waals surface area contributed by atoms with E-state index in [-0.39, 0.29) is 35.8 Å². The van der Waals surface area contributed by atoms with Gasteiger partial charge in [-0.3, -0.25) is 19.5 Å². The lowest BCUT2D eigenvalue weighted by molar-refractivity contribution is 0.0652. The van der Waals surface area contributed by atoms with Gasteiger partial charge in [-0.15, -0.1) is 24.0 Å². The fourth-order valence-corrected chi connectivity index (χ4v) is 4.71. The molecule has 2 amide bonds. The van der Waals surface area contributed by atoms with Crippen molar-refractivity contribution in [3.63, 3.8) is 0 Å². The van der Waals surface area contributed by atoms with Crippen LogP contribution in [0.2, 0.25) is 0 Å². The van der Waals surface area contributed by atoms with Crippen LogP contribution in [0, 0.1) is 0 Å². The number of amides is 2. The molecule has 0 bridgehead atoms. The first kappa shape index (κ1) is 23.0. The van der Waals surface area contributed by atoms with Crippen molar-refractivity contribution in [2.24, 2.45) is 4.99 Å². The third kappa shape index (κ3) is 5.20. The Hall–Kier alpha value is -1.29. The van der Waals surface area contributed by atoms with Gasteiger partial charge >= 0.3 is 0 Å². The molecule has 1 aromatic rings. The molecule has 8 heteroatoms. The molecule has 0 radical (unpaired) electrons. The number of rotatable bonds is 6. The Morgan fingerprint density at radius 1 is 1.21 bits per heavy atom. The van der Waals surface area contributed by atoms with Crippen molar-refractivity contribution < 1.29 is 9.59 Å². The number of halogens is 1. The molecule has 6 nitrogen and oxygen atoms in total. The van der Waals surface area contributed by atoms with E-state index in [0.29, 0.717) is 22.9 Å². The van der Waals surface area contributed by atoms with E-state index < -0.39 is 0 Å². The molecule has 2 aliphatic rings. The van der Waals surface area contributed by atoms with Crippen molar-refractivity contribution in [1.29, 1.82) is 0 Å². The minimum atomic E-state index is -0.171. The van der Waals surface area contributed by atoms with E-state index in [1.165, 1.54) is 11.3 Å². The third-order valence-electron chi connectivity index (χ3n) is 5.08. The molecule has 1 aromatic carbocycles. The first-order valence-corrected chi connectivity index (χ1v) is 10.7. The minimum Gasteiger partial charge on any atom is -0.356 e. The Balaban J connectivity index is 0.00000280. The monoisotopic (exact) mass is 516 g/mol. The summed E-state index contributed by atoms with van der Waals surface area (Å²) in [7, 11) is 1.82. The van der Waals surface area contributed by atoms with E-state index in [1.807, 2.05) is 18.8 Å². The normalized spacial score (nSPS) is 19.5. The summed E-state index contributed by atoms with van der Waals surface area (Å²) in [6.07, 6.45) is 2.84. The Morgan fingerprint density at radius 3 is 2.50 bits per heavy atom. The molecule has 2 heterocycles. The number of unbranched alkanes of at least 4 members (excludes halogenated alkanes) is 1. The molecule has 0 saturated carbocycles. The number of carbonyl (C=O) groups is 2. The molecule has 0 spiro atoms. The van der Waals surface area contributed by atoms with Gasteiger partial charge in [0.2, 0.25) is 0 Å². The lowest BCUT2D eigenvalue weighted by Gasteiger charge is -2.34. The lowest BCUT2D eigenvalue weighted by Crippen LogP contribution is -2.48. The molecule has 3 rings (SSSR count). The zero-order valence-corrected chi connectivity index (χ0v) is 19.7. The van der Waals surface area contributed by atoms with Crippen molar-refractivity contribution in [2.45, 2.75) is 31.4 Å². The van der Waals surface area contributed by atoms with Crippen LogP contribution in [0.1, 0.15) is 46.9 Å². The maximum absolute atomic E-state index is 12.4. The van der Waals surface area contributed by atoms with Gasteiger partial charge in [0.05, 0.1) is 11.1 Å². The highest BCUT2D eigenvalue weighted by Crippen LogP contribution is 2.23. The van der Waals surface area contributed by atoms with Gasteiger partial charge in [0, 0.05) is 44.2 Å². The number of thioether (sulfide) groups is 1. The van der Waals surface area contributed by atoms with Gasteiger partial charge in [-0.1, -0.05) is 19.1 Å². The Labute approximate surface area is 188 Å². The van der Waals surface area contributed by atoms with Gasteiger partial charge in [-0.2, -0.15) is 11.8 Å². The van der Waals surface area contributed by atoms with Crippen LogP contribution in [0.25, 0.3) is 0 Å². The summed E-state index contributed by atoms with van der Waals surface area (Å²) in [4.78, 5) is 32.8. The van der Waals surface area contributed by atoms with Crippen LogP contribution in [-0.2, 0) is 0 Å². The van der Waals surface area contributed by atoms with E-state index in [0.717, 1.165) is 44.2 Å². The number of fused-ring (bicyclic) bond motifs is 1. The fourth-order valence-electron chi connectivity index (χ4n) is 3.53. The number of hydrogen-bond acceptors (Lipinski definition) is 4. The minimum absolute atomic E-state index is 0. The summed E-state index contributed by atoms with van der Waals surface area (Å²) in [5, 5.41) is 4.10. The number of hydrogen-bond donors (Lipinski definition) is 1. The summed E-state index contributed by atoms with van der Waals surface area (Å²) in [5.74, 6) is 1.75. The number of imide groups is 1. The van der Waals surface area contributed by atoms with E-state index in [2.05, 4.69) is 22.1 Å². The number of carbonyl (C=O) groups excluding carboxylic acids is 2. The van der Waals surface area contributed by atoms with Crippen molar-refractivity contribution in [1.82, 2.24) is 15.1 Å². The summed E-state index contributed by atoms with van der Waals surface area (Å²) in [6.45, 7) is 5.55. The van der Waals surface area contributed by atoms with Crippen molar-refractivity contribution in [3.8, 4) is 0 Å². The Morgan fingerprint density at radius 2 is 1.89 bits per heavy atom. The highest BCUT2D eigenvalue weighted by Gasteiger charge is 2.34. The van der Waals surface area contributed by atoms with Gasteiger partial charge in [0.25, 0.3) is 11.8 Å². The van der Waals surface area contributed by atoms with E-state index >= 15 is 0 Å². The zero-order chi connectivity index (χ0) is 19.2. The maximum Gasteiger partial charge on any atom is 0.261 e. The second-order valence-electron chi connectivity index (χ2n) is 6.84. The van der Waals surface area contributed by atoms with Crippen LogP contribution in [0.3, 0.4) is 0 Å². The average Bonchev–Trinajstić information content (AvgIpc) is 2.95. The van der Waals surface area contributed by atoms with Gasteiger partial charge in [-0.05, 0) is 31.4 Å². The molecule has 1 fully saturated rings. The average molecular weight is 516 g/mol. The molecule has 28 heavy (non-hydrogen) atoms. The molecule has 2 aliphatic heterocycles. The van der Waals surface area contributed by atoms with Gasteiger partial charge < -0.3 is 10.2 Å². The smallest absolute Gasteiger partial charge is 0.261 e. The topological polar surface area (TPSA) is 65.0 Å². The molecule has 0 aromatic heterocycles. The number of guanidine groups is 1. The molecule has 0 aliphatic carbocycles. The quantitative estimate of drug-likeness (QED) is 0.207. The SMILES string of the molecule is CCC1CN(C(=NC)NCCCCN2C(=O)c3ccccc3C2=O)CCS1.I. The molecule has 1 unspecified atom stereocenters. The highest BCUT2D eigenvalue weighted by atomic mass is 127. The Kier molecular flexibility index (Phi) is 9.07. The fraction of sp³-hybridized carbons (Fsp3) is 0.550. The van der Waals surface area contributed by atoms with E-state index in [1.54, 1.807) is 24.3 Å². The first-order chi connectivity index (χ1) is 13.2. The molecule has 1 N–H and O–H groups in total. The molecular weight excluding hydrogens is 487 g/mol. The standard InChI is InChI=1S/C20H28N4O2S.HI/c1-3-15-14-23(12-13-27-15)20(21-2)22-10-6-7-11-24-18(25)16-8-4-5-9-17(16)19(24)26;/h4-5,8-9,15H,3,6-7,10-14H2,1-2H3,(H,21,22);1H. The number of benzene rings is 1. The summed E-state index contributed by atoms with van der Waals surface area (Å²) in [6, 6.07) is 7.04. The van der Waals surface area contributed by atoms with Crippen LogP contribution in [-0.4, -0.2) is 71.8 Å². The van der Waals surface area contributed by atoms with Crippen molar-refractivity contribution in [2.75, 3.05) is 39.0 Å². The van der Waals surface area contributed by atoms with Crippen LogP contribution in [0.4, 0.5) is 0 Å². The zero-order valence-electron chi connectivity index (χ0n) is 16.5. The second-order valence-corrected chi connectivity index (χ2v) is 8.24. The molecular formula is C20H29IN4O2S. The van der Waals surface area contributed by atoms with E-state index in [9.17, 15) is 9.59 Å². The summed E-state index contributed by atoms with van der Waals surface area (Å²) < 4.78 is 0. The summed E-state index contributed by atoms with van der Waals surface area (Å²) >= 11 is 2.04. The van der Waals surface area contributed by atoms with Crippen molar-refractivity contribution in [3.05, 3.63) is 35.4 Å². The van der Waals surface area contributed by atoms with Crippen LogP contribution < -0.4 is 5.32 Å². The molecule has 1 atom stereocenters. The van der Waals surface area contributed by atoms with Gasteiger partial charge in [0.15, 0.2) is 5.96 Å². The largest absolute Gasteiger partial charge is 0.356 e. The number of nitrogens with one attached hydrogen (secondary N) is 1. The lowest BCUT2D eigenvalue weighted by atomic mass is 10.1. The summed E-state index contributed by atoms with van der Waals surface area (Å²) in [5.41, 5.74) is 1.05.